The van der Waals surface area contributed by atoms with Gasteiger partial charge in [-0.15, -0.1) is 11.3 Å². The molecule has 0 bridgehead atoms. The van der Waals surface area contributed by atoms with Gasteiger partial charge in [-0.2, -0.15) is 5.10 Å². The van der Waals surface area contributed by atoms with Gasteiger partial charge in [-0.1, -0.05) is 6.07 Å². The van der Waals surface area contributed by atoms with Gasteiger partial charge in [0.15, 0.2) is 11.5 Å². The number of carbonyl (C=O) groups is 3. The van der Waals surface area contributed by atoms with Gasteiger partial charge in [0.1, 0.15) is 9.88 Å². The average molecular weight is 464 g/mol. The lowest BCUT2D eigenvalue weighted by Crippen LogP contribution is -2.25. The van der Waals surface area contributed by atoms with Crippen LogP contribution in [-0.2, 0) is 9.47 Å². The fraction of sp³-hybridized carbons (Fsp3) is 0.333. The van der Waals surface area contributed by atoms with Crippen LogP contribution in [0.5, 0.6) is 11.5 Å². The van der Waals surface area contributed by atoms with E-state index in [2.05, 4.69) is 15.8 Å². The number of hydrazone groups is 1. The molecule has 0 saturated heterocycles. The molecule has 2 amide bonds. The number of ether oxygens (including phenoxy) is 4. The number of methoxy groups -OCH3 is 2. The third kappa shape index (κ3) is 5.76. The van der Waals surface area contributed by atoms with Crippen LogP contribution in [0.3, 0.4) is 0 Å². The number of benzene rings is 1. The van der Waals surface area contributed by atoms with E-state index in [0.29, 0.717) is 22.6 Å². The average Bonchev–Trinajstić information content (AvgIpc) is 3.09. The Kier molecular flexibility index (Phi) is 9.02. The van der Waals surface area contributed by atoms with Gasteiger partial charge >= 0.3 is 18.0 Å². The molecule has 2 N–H and O–H groups in total. The zero-order valence-corrected chi connectivity index (χ0v) is 19.3. The molecule has 10 nitrogen and oxygen atoms in total. The molecule has 0 aliphatic heterocycles. The Bertz CT molecular complexity index is 1020. The summed E-state index contributed by atoms with van der Waals surface area (Å²) in [7, 11) is 3.01. The van der Waals surface area contributed by atoms with E-state index in [-0.39, 0.29) is 28.7 Å². The van der Waals surface area contributed by atoms with E-state index in [9.17, 15) is 14.4 Å². The predicted molar refractivity (Wildman–Crippen MR) is 120 cm³/mol. The first-order valence-corrected chi connectivity index (χ1v) is 10.5. The van der Waals surface area contributed by atoms with Crippen LogP contribution in [0.1, 0.15) is 45.0 Å². The Hall–Kier alpha value is -3.60. The van der Waals surface area contributed by atoms with E-state index in [4.69, 9.17) is 18.9 Å². The molecule has 172 valence electrons. The molecule has 0 radical (unpaired) electrons. The van der Waals surface area contributed by atoms with E-state index >= 15 is 0 Å². The van der Waals surface area contributed by atoms with Gasteiger partial charge < -0.3 is 18.9 Å². The highest BCUT2D eigenvalue weighted by Crippen LogP contribution is 2.34. The molecule has 2 rings (SSSR count). The van der Waals surface area contributed by atoms with Crippen LogP contribution in [0.4, 0.5) is 9.80 Å². The Morgan fingerprint density at radius 3 is 2.38 bits per heavy atom. The summed E-state index contributed by atoms with van der Waals surface area (Å²) in [6.45, 7) is 5.24. The smallest absolute Gasteiger partial charge is 0.348 e. The quantitative estimate of drug-likeness (QED) is 0.331. The van der Waals surface area contributed by atoms with Gasteiger partial charge in [0.05, 0.1) is 39.2 Å². The van der Waals surface area contributed by atoms with Crippen molar-refractivity contribution in [3.63, 3.8) is 0 Å². The summed E-state index contributed by atoms with van der Waals surface area (Å²) in [5.74, 6) is -0.270. The minimum Gasteiger partial charge on any atom is -0.493 e. The van der Waals surface area contributed by atoms with Crippen LogP contribution >= 0.6 is 11.3 Å². The highest BCUT2D eigenvalue weighted by molar-refractivity contribution is 7.18. The summed E-state index contributed by atoms with van der Waals surface area (Å²) >= 11 is 0.922. The standard InChI is InChI=1S/C21H25N3O7S/c1-6-30-19(25)15-12(3)17(20(26)31-7-2)32-18(15)23-21(27)24-22-11-13-9-8-10-14(28-4)16(13)29-5/h8-11H,6-7H2,1-5H3,(H2,23,24,27)/b22-11-. The van der Waals surface area contributed by atoms with E-state index < -0.39 is 18.0 Å². The van der Waals surface area contributed by atoms with Crippen LogP contribution in [0.15, 0.2) is 23.3 Å². The van der Waals surface area contributed by atoms with Gasteiger partial charge in [0.25, 0.3) is 0 Å². The first-order valence-electron chi connectivity index (χ1n) is 9.66. The Balaban J connectivity index is 2.22. The molecule has 1 aromatic heterocycles. The van der Waals surface area contributed by atoms with Crippen molar-refractivity contribution in [2.45, 2.75) is 20.8 Å². The number of hydrogen-bond donors (Lipinski definition) is 2. The molecule has 0 spiro atoms. The van der Waals surface area contributed by atoms with Crippen LogP contribution in [0.25, 0.3) is 0 Å². The number of thiophene rings is 1. The molecule has 0 saturated carbocycles. The molecule has 0 fully saturated rings. The normalized spacial score (nSPS) is 10.5. The lowest BCUT2D eigenvalue weighted by Gasteiger charge is -2.09. The van der Waals surface area contributed by atoms with Crippen LogP contribution < -0.4 is 20.2 Å². The number of nitrogens with zero attached hydrogens (tertiary/aromatic N) is 1. The maximum absolute atomic E-state index is 12.4. The molecule has 0 unspecified atom stereocenters. The third-order valence-electron chi connectivity index (χ3n) is 4.12. The number of anilines is 1. The van der Waals surface area contributed by atoms with Gasteiger partial charge in [0.2, 0.25) is 0 Å². The van der Waals surface area contributed by atoms with Crippen LogP contribution in [0.2, 0.25) is 0 Å². The van der Waals surface area contributed by atoms with Crippen molar-refractivity contribution >= 4 is 40.5 Å². The number of amides is 2. The SMILES string of the molecule is CCOC(=O)c1sc(NC(=O)N/N=C\c2cccc(OC)c2OC)c(C(=O)OCC)c1C. The highest BCUT2D eigenvalue weighted by atomic mass is 32.1. The Morgan fingerprint density at radius 2 is 1.75 bits per heavy atom. The Labute approximate surface area is 189 Å². The van der Waals surface area contributed by atoms with Gasteiger partial charge in [-0.05, 0) is 38.5 Å². The van der Waals surface area contributed by atoms with Crippen molar-refractivity contribution in [1.29, 1.82) is 0 Å². The fourth-order valence-corrected chi connectivity index (χ4v) is 3.83. The lowest BCUT2D eigenvalue weighted by atomic mass is 10.1. The maximum atomic E-state index is 12.4. The van der Waals surface area contributed by atoms with Crippen molar-refractivity contribution in [1.82, 2.24) is 5.43 Å². The zero-order valence-electron chi connectivity index (χ0n) is 18.4. The molecular formula is C21H25N3O7S. The summed E-state index contributed by atoms with van der Waals surface area (Å²) in [6, 6.07) is 4.50. The van der Waals surface area contributed by atoms with Crippen molar-refractivity contribution in [2.24, 2.45) is 5.10 Å². The first kappa shape index (κ1) is 24.7. The van der Waals surface area contributed by atoms with Crippen LogP contribution in [-0.4, -0.2) is 51.6 Å². The molecule has 32 heavy (non-hydrogen) atoms. The highest BCUT2D eigenvalue weighted by Gasteiger charge is 2.27. The van der Waals surface area contributed by atoms with Crippen molar-refractivity contribution in [3.8, 4) is 11.5 Å². The number of rotatable bonds is 9. The number of nitrogens with one attached hydrogen (secondary N) is 2. The summed E-state index contributed by atoms with van der Waals surface area (Å²) in [5, 5.41) is 6.58. The second kappa shape index (κ2) is 11.7. The number of urea groups is 1. The summed E-state index contributed by atoms with van der Waals surface area (Å²) in [4.78, 5) is 37.2. The maximum Gasteiger partial charge on any atom is 0.348 e. The minimum atomic E-state index is -0.717. The number of hydrogen-bond acceptors (Lipinski definition) is 9. The summed E-state index contributed by atoms with van der Waals surface area (Å²) in [6.07, 6.45) is 1.39. The second-order valence-corrected chi connectivity index (χ2v) is 7.13. The van der Waals surface area contributed by atoms with E-state index in [0.717, 1.165) is 11.3 Å². The molecular weight excluding hydrogens is 438 g/mol. The summed E-state index contributed by atoms with van der Waals surface area (Å²) < 4.78 is 20.6. The minimum absolute atomic E-state index is 0.0912. The number of esters is 2. The molecule has 1 heterocycles. The third-order valence-corrected chi connectivity index (χ3v) is 5.30. The van der Waals surface area contributed by atoms with Crippen molar-refractivity contribution in [2.75, 3.05) is 32.8 Å². The zero-order chi connectivity index (χ0) is 23.7. The fourth-order valence-electron chi connectivity index (χ4n) is 2.75. The number of para-hydroxylation sites is 1. The molecule has 0 aliphatic carbocycles. The van der Waals surface area contributed by atoms with Gasteiger partial charge in [0, 0.05) is 5.56 Å². The van der Waals surface area contributed by atoms with Crippen molar-refractivity contribution in [3.05, 3.63) is 39.8 Å². The van der Waals surface area contributed by atoms with E-state index in [1.807, 2.05) is 0 Å². The lowest BCUT2D eigenvalue weighted by molar-refractivity contribution is 0.0527. The molecule has 0 atom stereocenters. The first-order chi connectivity index (χ1) is 15.4. The van der Waals surface area contributed by atoms with E-state index in [1.54, 1.807) is 39.0 Å². The van der Waals surface area contributed by atoms with Gasteiger partial charge in [-0.3, -0.25) is 5.32 Å². The largest absolute Gasteiger partial charge is 0.493 e. The monoisotopic (exact) mass is 463 g/mol. The van der Waals surface area contributed by atoms with Crippen molar-refractivity contribution < 1.29 is 33.3 Å². The van der Waals surface area contributed by atoms with E-state index in [1.165, 1.54) is 20.4 Å². The van der Waals surface area contributed by atoms with Crippen LogP contribution in [0, 0.1) is 6.92 Å². The molecule has 2 aromatic rings. The predicted octanol–water partition coefficient (Wildman–Crippen LogP) is 3.58. The second-order valence-electron chi connectivity index (χ2n) is 6.11. The number of carbonyl (C=O) groups excluding carboxylic acids is 3. The topological polar surface area (TPSA) is 125 Å². The molecule has 11 heteroatoms. The molecule has 1 aromatic carbocycles. The van der Waals surface area contributed by atoms with Gasteiger partial charge in [-0.25, -0.2) is 19.8 Å². The Morgan fingerprint density at radius 1 is 1.06 bits per heavy atom. The summed E-state index contributed by atoms with van der Waals surface area (Å²) in [5.41, 5.74) is 3.35. The molecule has 0 aliphatic rings.